The van der Waals surface area contributed by atoms with Crippen molar-refractivity contribution in [2.45, 2.75) is 32.7 Å². The molecule has 0 aromatic carbocycles. The second-order valence-corrected chi connectivity index (χ2v) is 7.09. The van der Waals surface area contributed by atoms with Gasteiger partial charge in [0.15, 0.2) is 0 Å². The highest BCUT2D eigenvalue weighted by molar-refractivity contribution is 5.95. The molecule has 1 aromatic heterocycles. The summed E-state index contributed by atoms with van der Waals surface area (Å²) in [5, 5.41) is 2.96. The maximum Gasteiger partial charge on any atom is 0.254 e. The van der Waals surface area contributed by atoms with Gasteiger partial charge in [0.05, 0.1) is 5.92 Å². The third-order valence-electron chi connectivity index (χ3n) is 5.04. The van der Waals surface area contributed by atoms with E-state index in [1.54, 1.807) is 25.4 Å². The first-order valence-electron chi connectivity index (χ1n) is 8.86. The molecular weight excluding hydrogens is 316 g/mol. The van der Waals surface area contributed by atoms with E-state index in [1.807, 2.05) is 23.6 Å². The smallest absolute Gasteiger partial charge is 0.254 e. The number of rotatable bonds is 4. The lowest BCUT2D eigenvalue weighted by atomic mass is 9.94. The van der Waals surface area contributed by atoms with Crippen molar-refractivity contribution in [2.75, 3.05) is 32.0 Å². The van der Waals surface area contributed by atoms with Gasteiger partial charge in [0, 0.05) is 44.5 Å². The Hall–Kier alpha value is -2.37. The first-order chi connectivity index (χ1) is 12.0. The van der Waals surface area contributed by atoms with Crippen LogP contribution in [0, 0.1) is 5.92 Å². The van der Waals surface area contributed by atoms with Crippen LogP contribution in [-0.2, 0) is 4.79 Å². The Balaban J connectivity index is 1.80. The van der Waals surface area contributed by atoms with Gasteiger partial charge in [-0.15, -0.1) is 0 Å². The summed E-state index contributed by atoms with van der Waals surface area (Å²) in [5.41, 5.74) is 1.82. The molecule has 4 rings (SSSR count). The van der Waals surface area contributed by atoms with Crippen LogP contribution in [0.25, 0.3) is 0 Å². The Kier molecular flexibility index (Phi) is 5.06. The summed E-state index contributed by atoms with van der Waals surface area (Å²) >= 11 is 0. The summed E-state index contributed by atoms with van der Waals surface area (Å²) in [4.78, 5) is 33.7. The number of piperidine rings is 1. The molecule has 0 aliphatic carbocycles. The lowest BCUT2D eigenvalue weighted by molar-refractivity contribution is -0.139. The van der Waals surface area contributed by atoms with Crippen LogP contribution < -0.4 is 5.32 Å². The number of nitrogens with zero attached hydrogens (tertiary/aromatic N) is 3. The van der Waals surface area contributed by atoms with E-state index in [-0.39, 0.29) is 23.8 Å². The van der Waals surface area contributed by atoms with E-state index in [0.29, 0.717) is 31.0 Å². The quantitative estimate of drug-likeness (QED) is 0.852. The molecule has 0 saturated carbocycles. The lowest BCUT2D eigenvalue weighted by Gasteiger charge is -2.35. The van der Waals surface area contributed by atoms with Crippen LogP contribution in [0.5, 0.6) is 0 Å². The fourth-order valence-electron chi connectivity index (χ4n) is 3.61. The van der Waals surface area contributed by atoms with Gasteiger partial charge in [-0.2, -0.15) is 0 Å². The van der Waals surface area contributed by atoms with Gasteiger partial charge in [0.25, 0.3) is 5.91 Å². The Morgan fingerprint density at radius 2 is 2.16 bits per heavy atom. The number of amides is 2. The third-order valence-corrected chi connectivity index (χ3v) is 5.04. The van der Waals surface area contributed by atoms with Crippen molar-refractivity contribution in [3.8, 4) is 0 Å². The summed E-state index contributed by atoms with van der Waals surface area (Å²) in [5.74, 6) is 0.756. The highest BCUT2D eigenvalue weighted by atomic mass is 16.2. The van der Waals surface area contributed by atoms with E-state index in [9.17, 15) is 9.59 Å². The summed E-state index contributed by atoms with van der Waals surface area (Å²) < 4.78 is 0. The zero-order valence-corrected chi connectivity index (χ0v) is 15.2. The van der Waals surface area contributed by atoms with Gasteiger partial charge in [0.2, 0.25) is 5.91 Å². The number of carbonyl (C=O) groups excluding carboxylic acids is 2. The molecule has 3 fully saturated rings. The first-order valence-corrected chi connectivity index (χ1v) is 8.86. The van der Waals surface area contributed by atoms with E-state index in [0.717, 1.165) is 12.8 Å². The normalized spacial score (nSPS) is 22.6. The number of hydrogen-bond donors (Lipinski definition) is 1. The summed E-state index contributed by atoms with van der Waals surface area (Å²) in [6, 6.07) is 3.60. The number of hydrogen-bond acceptors (Lipinski definition) is 4. The molecule has 25 heavy (non-hydrogen) atoms. The second kappa shape index (κ2) is 7.25. The van der Waals surface area contributed by atoms with Crippen molar-refractivity contribution in [2.24, 2.45) is 5.92 Å². The van der Waals surface area contributed by atoms with Crippen LogP contribution in [0.1, 0.15) is 37.0 Å². The molecule has 6 nitrogen and oxygen atoms in total. The van der Waals surface area contributed by atoms with Gasteiger partial charge in [-0.25, -0.2) is 4.98 Å². The van der Waals surface area contributed by atoms with Crippen LogP contribution in [0.4, 0.5) is 5.82 Å². The molecule has 2 amide bonds. The minimum atomic E-state index is -0.0844. The van der Waals surface area contributed by atoms with Crippen LogP contribution in [0.2, 0.25) is 0 Å². The zero-order valence-electron chi connectivity index (χ0n) is 15.2. The molecule has 0 radical (unpaired) electrons. The van der Waals surface area contributed by atoms with Crippen LogP contribution in [0.15, 0.2) is 30.0 Å². The van der Waals surface area contributed by atoms with Crippen LogP contribution >= 0.6 is 0 Å². The Morgan fingerprint density at radius 1 is 1.36 bits per heavy atom. The maximum absolute atomic E-state index is 12.9. The molecule has 0 spiro atoms. The average Bonchev–Trinajstić information content (AvgIpc) is 2.90. The maximum atomic E-state index is 12.9. The van der Waals surface area contributed by atoms with Gasteiger partial charge >= 0.3 is 0 Å². The summed E-state index contributed by atoms with van der Waals surface area (Å²) in [6.45, 7) is 5.84. The van der Waals surface area contributed by atoms with Gasteiger partial charge in [-0.1, -0.05) is 11.6 Å². The number of aromatic nitrogens is 1. The molecule has 4 heterocycles. The van der Waals surface area contributed by atoms with E-state index >= 15 is 0 Å². The van der Waals surface area contributed by atoms with E-state index < -0.39 is 0 Å². The van der Waals surface area contributed by atoms with E-state index in [4.69, 9.17) is 0 Å². The van der Waals surface area contributed by atoms with Crippen molar-refractivity contribution >= 4 is 17.6 Å². The van der Waals surface area contributed by atoms with Gasteiger partial charge in [0.1, 0.15) is 5.82 Å². The van der Waals surface area contributed by atoms with Gasteiger partial charge in [-0.05, 0) is 38.8 Å². The van der Waals surface area contributed by atoms with Crippen LogP contribution in [0.3, 0.4) is 0 Å². The average molecular weight is 342 g/mol. The molecule has 134 valence electrons. The molecule has 2 atom stereocenters. The predicted molar refractivity (Wildman–Crippen MR) is 97.3 cm³/mol. The standard InChI is InChI=1S/C19H26N4O2/c1-13(2)7-9-23-16-5-4-15(19(23)25)11-22(12-16)18(24)14-6-8-21-17(10-14)20-3/h6-8,10,15-16H,4-5,9,11-12H2,1-3H3,(H,20,21)/t15-,16+/m1/s1. The Morgan fingerprint density at radius 3 is 2.88 bits per heavy atom. The summed E-state index contributed by atoms with van der Waals surface area (Å²) in [6.07, 6.45) is 5.57. The molecule has 1 N–H and O–H groups in total. The Labute approximate surface area is 148 Å². The minimum absolute atomic E-state index is 0.0207. The highest BCUT2D eigenvalue weighted by Gasteiger charge is 2.41. The van der Waals surface area contributed by atoms with Gasteiger partial charge in [-0.3, -0.25) is 9.59 Å². The predicted octanol–water partition coefficient (Wildman–Crippen LogP) is 2.15. The topological polar surface area (TPSA) is 65.5 Å². The number of allylic oxidation sites excluding steroid dienone is 1. The highest BCUT2D eigenvalue weighted by Crippen LogP contribution is 2.30. The van der Waals surface area contributed by atoms with E-state index in [1.165, 1.54) is 5.57 Å². The molecule has 3 saturated heterocycles. The van der Waals surface area contributed by atoms with Crippen molar-refractivity contribution in [1.29, 1.82) is 0 Å². The van der Waals surface area contributed by atoms with Crippen LogP contribution in [-0.4, -0.2) is 59.3 Å². The fourth-order valence-corrected chi connectivity index (χ4v) is 3.61. The Bertz CT molecular complexity index is 696. The van der Waals surface area contributed by atoms with Crippen molar-refractivity contribution in [3.05, 3.63) is 35.5 Å². The number of carbonyl (C=O) groups is 2. The molecule has 3 aliphatic heterocycles. The first kappa shape index (κ1) is 17.5. The van der Waals surface area contributed by atoms with Crippen molar-refractivity contribution in [1.82, 2.24) is 14.8 Å². The van der Waals surface area contributed by atoms with E-state index in [2.05, 4.69) is 16.4 Å². The fraction of sp³-hybridized carbons (Fsp3) is 0.526. The molecular formula is C19H26N4O2. The number of fused-ring (bicyclic) bond motifs is 4. The molecule has 1 aromatic rings. The molecule has 3 aliphatic rings. The van der Waals surface area contributed by atoms with Gasteiger partial charge < -0.3 is 15.1 Å². The lowest BCUT2D eigenvalue weighted by Crippen LogP contribution is -2.48. The minimum Gasteiger partial charge on any atom is -0.373 e. The largest absolute Gasteiger partial charge is 0.373 e. The second-order valence-electron chi connectivity index (χ2n) is 7.09. The number of anilines is 1. The number of pyridine rings is 1. The zero-order chi connectivity index (χ0) is 18.0. The SMILES string of the molecule is CNc1cc(C(=O)N2C[C@H]3CC[C@@H](C2)N(CC=C(C)C)C3=O)ccn1. The molecule has 6 heteroatoms. The molecule has 2 bridgehead atoms. The number of nitrogens with one attached hydrogen (secondary N) is 1. The van der Waals surface area contributed by atoms with Crippen molar-refractivity contribution in [3.63, 3.8) is 0 Å². The summed E-state index contributed by atoms with van der Waals surface area (Å²) in [7, 11) is 1.78. The monoisotopic (exact) mass is 342 g/mol. The third kappa shape index (κ3) is 3.67. The molecule has 0 unspecified atom stereocenters. The van der Waals surface area contributed by atoms with Crippen molar-refractivity contribution < 1.29 is 9.59 Å².